The van der Waals surface area contributed by atoms with Crippen LogP contribution >= 0.6 is 45.8 Å². The lowest BCUT2D eigenvalue weighted by atomic mass is 10.1. The van der Waals surface area contributed by atoms with Crippen LogP contribution in [0.4, 0.5) is 30.2 Å². The van der Waals surface area contributed by atoms with E-state index in [1.807, 2.05) is 25.1 Å². The van der Waals surface area contributed by atoms with Crippen molar-refractivity contribution in [1.82, 2.24) is 19.8 Å². The molecule has 4 aromatic rings. The predicted octanol–water partition coefficient (Wildman–Crippen LogP) is 8.22. The molecular weight excluding hydrogens is 743 g/mol. The summed E-state index contributed by atoms with van der Waals surface area (Å²) in [5, 5.41) is 3.17. The Morgan fingerprint density at radius 3 is 1.96 bits per heavy atom. The number of benzene rings is 2. The third kappa shape index (κ3) is 8.35. The smallest absolute Gasteiger partial charge is 0.398 e. The first-order valence-electron chi connectivity index (χ1n) is 12.9. The van der Waals surface area contributed by atoms with Crippen LogP contribution in [-0.2, 0) is 19.3 Å². The fraction of sp³-hybridized carbons (Fsp3) is 0.226. The molecule has 238 valence electrons. The Morgan fingerprint density at radius 1 is 0.867 bits per heavy atom. The molecule has 45 heavy (non-hydrogen) atoms. The number of nitrogens with one attached hydrogen (secondary N) is 1. The molecular formula is C31H30Cl2F3IN6O2. The summed E-state index contributed by atoms with van der Waals surface area (Å²) in [5.74, 6) is -0.208. The van der Waals surface area contributed by atoms with Crippen molar-refractivity contribution < 1.29 is 22.8 Å². The highest BCUT2D eigenvalue weighted by Crippen LogP contribution is 2.38. The van der Waals surface area contributed by atoms with Gasteiger partial charge in [0.1, 0.15) is 10.3 Å². The van der Waals surface area contributed by atoms with Crippen molar-refractivity contribution in [2.75, 3.05) is 25.1 Å². The number of aromatic nitrogens is 2. The minimum absolute atomic E-state index is 0. The number of carbonyl (C=O) groups excluding carboxylic acids is 2. The van der Waals surface area contributed by atoms with E-state index in [0.29, 0.717) is 46.9 Å². The number of alkyl halides is 3. The van der Waals surface area contributed by atoms with Crippen molar-refractivity contribution in [2.45, 2.75) is 33.6 Å². The van der Waals surface area contributed by atoms with Gasteiger partial charge in [0, 0.05) is 48.8 Å². The second-order valence-corrected chi connectivity index (χ2v) is 11.9. The van der Waals surface area contributed by atoms with Crippen LogP contribution in [0.15, 0.2) is 60.9 Å². The molecule has 2 aromatic carbocycles. The molecule has 0 unspecified atom stereocenters. The number of fused-ring (bicyclic) bond motifs is 2. The van der Waals surface area contributed by atoms with Gasteiger partial charge in [-0.3, -0.25) is 9.59 Å². The summed E-state index contributed by atoms with van der Waals surface area (Å²) in [6.45, 7) is 3.11. The summed E-state index contributed by atoms with van der Waals surface area (Å²) < 4.78 is 40.5. The van der Waals surface area contributed by atoms with Crippen LogP contribution < -0.4 is 11.1 Å². The first-order chi connectivity index (χ1) is 20.7. The van der Waals surface area contributed by atoms with E-state index >= 15 is 0 Å². The molecule has 2 aliphatic heterocycles. The van der Waals surface area contributed by atoms with Crippen LogP contribution in [0.1, 0.15) is 50.4 Å². The molecule has 0 atom stereocenters. The van der Waals surface area contributed by atoms with Gasteiger partial charge in [-0.05, 0) is 70.5 Å². The van der Waals surface area contributed by atoms with Crippen molar-refractivity contribution in [3.05, 3.63) is 108 Å². The second-order valence-electron chi connectivity index (χ2n) is 9.98. The quantitative estimate of drug-likeness (QED) is 0.121. The third-order valence-corrected chi connectivity index (χ3v) is 8.29. The predicted molar refractivity (Wildman–Crippen MR) is 180 cm³/mol. The number of nitrogen functional groups attached to an aromatic ring is 1. The van der Waals surface area contributed by atoms with Gasteiger partial charge in [-0.15, -0.1) is 0 Å². The summed E-state index contributed by atoms with van der Waals surface area (Å²) in [6, 6.07) is 13.5. The van der Waals surface area contributed by atoms with Crippen molar-refractivity contribution >= 4 is 74.7 Å². The van der Waals surface area contributed by atoms with E-state index in [9.17, 15) is 22.8 Å². The van der Waals surface area contributed by atoms with E-state index in [2.05, 4.69) is 37.9 Å². The lowest BCUT2D eigenvalue weighted by Crippen LogP contribution is -2.18. The first-order valence-corrected chi connectivity index (χ1v) is 14.8. The zero-order valence-corrected chi connectivity index (χ0v) is 27.3. The van der Waals surface area contributed by atoms with E-state index in [1.165, 1.54) is 10.5 Å². The molecule has 0 fully saturated rings. The van der Waals surface area contributed by atoms with Crippen molar-refractivity contribution in [3.8, 4) is 0 Å². The third-order valence-electron chi connectivity index (χ3n) is 6.72. The minimum Gasteiger partial charge on any atom is -0.398 e. The highest BCUT2D eigenvalue weighted by molar-refractivity contribution is 14.1. The monoisotopic (exact) mass is 772 g/mol. The maximum Gasteiger partial charge on any atom is 0.419 e. The van der Waals surface area contributed by atoms with Crippen LogP contribution in [0.5, 0.6) is 0 Å². The molecule has 8 nitrogen and oxygen atoms in total. The SMILES string of the molecule is C.CN1Cc2cccc(N)c2C1=O.CN1Cc2cccc(Nc3cc(Cl)ncc3C(F)(F)F)c2C1=O.Cc1cnc(Cl)cc1I. The van der Waals surface area contributed by atoms with Crippen molar-refractivity contribution in [1.29, 1.82) is 0 Å². The van der Waals surface area contributed by atoms with Gasteiger partial charge in [0.05, 0.1) is 28.1 Å². The average Bonchev–Trinajstić information content (AvgIpc) is 3.41. The number of carbonyl (C=O) groups is 2. The highest BCUT2D eigenvalue weighted by Gasteiger charge is 2.35. The standard InChI is InChI=1S/C15H11ClF3N3O.C9H10N2O.C6H5ClIN.CH4/c1-22-7-8-3-2-4-10(13(8)14(22)23)21-11-5-12(16)20-6-9(11)15(17,18)19;1-11-5-6-3-2-4-7(10)8(6)9(11)12;1-4-3-9-6(7)2-5(4)8;/h2-6H,7H2,1H3,(H,20,21);2-4H,5,10H2,1H3;2-3H,1H3;1H4. The minimum atomic E-state index is -4.58. The number of halogens is 6. The fourth-order valence-corrected chi connectivity index (χ4v) is 5.45. The zero-order valence-electron chi connectivity index (χ0n) is 23.6. The average molecular weight is 773 g/mol. The van der Waals surface area contributed by atoms with Gasteiger partial charge in [-0.25, -0.2) is 9.97 Å². The Morgan fingerprint density at radius 2 is 1.40 bits per heavy atom. The number of pyridine rings is 2. The normalized spacial score (nSPS) is 13.2. The number of aryl methyl sites for hydroxylation is 1. The van der Waals surface area contributed by atoms with Gasteiger partial charge in [-0.2, -0.15) is 13.2 Å². The van der Waals surface area contributed by atoms with Gasteiger partial charge in [0.15, 0.2) is 0 Å². The molecule has 2 amide bonds. The van der Waals surface area contributed by atoms with Crippen LogP contribution in [0.3, 0.4) is 0 Å². The van der Waals surface area contributed by atoms with Gasteiger partial charge in [0.2, 0.25) is 0 Å². The van der Waals surface area contributed by atoms with E-state index in [1.54, 1.807) is 49.5 Å². The lowest BCUT2D eigenvalue weighted by Gasteiger charge is -2.16. The summed E-state index contributed by atoms with van der Waals surface area (Å²) >= 11 is 13.5. The maximum absolute atomic E-state index is 13.1. The highest BCUT2D eigenvalue weighted by atomic mass is 127. The molecule has 0 radical (unpaired) electrons. The lowest BCUT2D eigenvalue weighted by molar-refractivity contribution is -0.137. The summed E-state index contributed by atoms with van der Waals surface area (Å²) in [6.07, 6.45) is -2.15. The van der Waals surface area contributed by atoms with Crippen LogP contribution in [-0.4, -0.2) is 45.7 Å². The van der Waals surface area contributed by atoms with Gasteiger partial charge in [0.25, 0.3) is 11.8 Å². The molecule has 4 heterocycles. The molecule has 0 saturated heterocycles. The molecule has 2 aromatic heterocycles. The number of nitrogens with two attached hydrogens (primary N) is 1. The van der Waals surface area contributed by atoms with E-state index < -0.39 is 11.7 Å². The second kappa shape index (κ2) is 14.6. The number of hydrogen-bond acceptors (Lipinski definition) is 6. The zero-order chi connectivity index (χ0) is 32.3. The molecule has 0 saturated carbocycles. The van der Waals surface area contributed by atoms with Crippen molar-refractivity contribution in [3.63, 3.8) is 0 Å². The van der Waals surface area contributed by atoms with E-state index in [4.69, 9.17) is 28.9 Å². The molecule has 0 aliphatic carbocycles. The van der Waals surface area contributed by atoms with Crippen LogP contribution in [0, 0.1) is 10.5 Å². The maximum atomic E-state index is 13.1. The molecule has 6 rings (SSSR count). The van der Waals surface area contributed by atoms with Gasteiger partial charge < -0.3 is 20.9 Å². The first kappa shape index (κ1) is 35.9. The number of anilines is 3. The molecule has 0 spiro atoms. The Balaban J connectivity index is 0.000000209. The Bertz CT molecular complexity index is 1740. The van der Waals surface area contributed by atoms with E-state index in [0.717, 1.165) is 20.8 Å². The number of rotatable bonds is 2. The largest absolute Gasteiger partial charge is 0.419 e. The number of nitrogens with zero attached hydrogens (tertiary/aromatic N) is 4. The Labute approximate surface area is 282 Å². The molecule has 3 N–H and O–H groups in total. The van der Waals surface area contributed by atoms with Crippen LogP contribution in [0.25, 0.3) is 0 Å². The summed E-state index contributed by atoms with van der Waals surface area (Å²) in [7, 11) is 3.42. The molecule has 14 heteroatoms. The summed E-state index contributed by atoms with van der Waals surface area (Å²) in [4.78, 5) is 34.2. The topological polar surface area (TPSA) is 104 Å². The van der Waals surface area contributed by atoms with Crippen LogP contribution in [0.2, 0.25) is 10.3 Å². The number of hydrogen-bond donors (Lipinski definition) is 2. The fourth-order valence-electron chi connectivity index (χ4n) is 4.52. The van der Waals surface area contributed by atoms with Gasteiger partial charge in [-0.1, -0.05) is 54.9 Å². The summed E-state index contributed by atoms with van der Waals surface area (Å²) in [5.41, 5.74) is 9.39. The van der Waals surface area contributed by atoms with E-state index in [-0.39, 0.29) is 30.1 Å². The Kier molecular flexibility index (Phi) is 11.7. The molecule has 0 bridgehead atoms. The Hall–Kier alpha value is -3.62. The number of amides is 2. The van der Waals surface area contributed by atoms with Gasteiger partial charge >= 0.3 is 6.18 Å². The molecule has 2 aliphatic rings. The van der Waals surface area contributed by atoms with Crippen molar-refractivity contribution in [2.24, 2.45) is 0 Å².